The van der Waals surface area contributed by atoms with Gasteiger partial charge in [-0.1, -0.05) is 19.8 Å². The Bertz CT molecular complexity index is 1190. The Balaban J connectivity index is 1.45. The maximum atomic E-state index is 12.8. The third-order valence-electron chi connectivity index (χ3n) is 6.40. The molecule has 0 unspecified atom stereocenters. The van der Waals surface area contributed by atoms with Gasteiger partial charge in [-0.2, -0.15) is 4.98 Å². The quantitative estimate of drug-likeness (QED) is 0.585. The molecule has 0 amide bonds. The highest BCUT2D eigenvalue weighted by Crippen LogP contribution is 2.36. The van der Waals surface area contributed by atoms with Crippen LogP contribution in [0.3, 0.4) is 0 Å². The number of anilines is 3. The molecular formula is C22H29N7O2S. The number of pyridine rings is 1. The summed E-state index contributed by atoms with van der Waals surface area (Å²) in [5.41, 5.74) is 1.76. The van der Waals surface area contributed by atoms with Crippen LogP contribution in [0.1, 0.15) is 38.6 Å². The van der Waals surface area contributed by atoms with Crippen molar-refractivity contribution in [3.63, 3.8) is 0 Å². The average molecular weight is 456 g/mol. The van der Waals surface area contributed by atoms with Gasteiger partial charge in [-0.05, 0) is 31.0 Å². The SMILES string of the molecule is CCS(=O)(=O)c1cc2cnc(Nc3ccc(N4CCNCC4)cn3)nc2n1C1CCCC1. The van der Waals surface area contributed by atoms with Crippen molar-refractivity contribution in [2.45, 2.75) is 43.7 Å². The predicted molar refractivity (Wildman–Crippen MR) is 125 cm³/mol. The highest BCUT2D eigenvalue weighted by molar-refractivity contribution is 7.91. The van der Waals surface area contributed by atoms with Crippen LogP contribution in [0.2, 0.25) is 0 Å². The highest BCUT2D eigenvalue weighted by atomic mass is 32.2. The Kier molecular flexibility index (Phi) is 5.73. The molecule has 1 aliphatic carbocycles. The van der Waals surface area contributed by atoms with Gasteiger partial charge in [0.25, 0.3) is 0 Å². The summed E-state index contributed by atoms with van der Waals surface area (Å²) >= 11 is 0. The average Bonchev–Trinajstić information content (AvgIpc) is 3.48. The summed E-state index contributed by atoms with van der Waals surface area (Å²) in [6.45, 7) is 5.57. The first kappa shape index (κ1) is 21.1. The summed E-state index contributed by atoms with van der Waals surface area (Å²) in [6, 6.07) is 5.85. The van der Waals surface area contributed by atoms with E-state index in [1.165, 1.54) is 0 Å². The standard InChI is InChI=1S/C22H29N7O2S/c1-2-32(30,31)20-13-16-14-25-22(27-21(16)29(20)17-5-3-4-6-17)26-19-8-7-18(15-24-19)28-11-9-23-10-12-28/h7-8,13-15,17,23H,2-6,9-12H2,1H3,(H,24,25,26,27). The van der Waals surface area contributed by atoms with E-state index in [4.69, 9.17) is 4.98 Å². The number of sulfone groups is 1. The summed E-state index contributed by atoms with van der Waals surface area (Å²) in [5, 5.41) is 7.63. The lowest BCUT2D eigenvalue weighted by Crippen LogP contribution is -2.43. The van der Waals surface area contributed by atoms with E-state index in [-0.39, 0.29) is 11.8 Å². The van der Waals surface area contributed by atoms with Crippen LogP contribution in [0.25, 0.3) is 11.0 Å². The Morgan fingerprint density at radius 2 is 1.91 bits per heavy atom. The minimum absolute atomic E-state index is 0.0674. The van der Waals surface area contributed by atoms with Gasteiger partial charge in [0.2, 0.25) is 5.95 Å². The topological polar surface area (TPSA) is 105 Å². The summed E-state index contributed by atoms with van der Waals surface area (Å²) in [7, 11) is -3.36. The van der Waals surface area contributed by atoms with Crippen LogP contribution in [-0.4, -0.2) is 59.9 Å². The van der Waals surface area contributed by atoms with E-state index in [0.29, 0.717) is 22.4 Å². The fraction of sp³-hybridized carbons (Fsp3) is 0.500. The molecule has 0 radical (unpaired) electrons. The molecule has 1 aliphatic heterocycles. The van der Waals surface area contributed by atoms with Gasteiger partial charge in [-0.25, -0.2) is 18.4 Å². The zero-order valence-electron chi connectivity index (χ0n) is 18.3. The molecule has 2 fully saturated rings. The van der Waals surface area contributed by atoms with Gasteiger partial charge in [-0.15, -0.1) is 0 Å². The number of hydrogen-bond donors (Lipinski definition) is 2. The highest BCUT2D eigenvalue weighted by Gasteiger charge is 2.28. The number of piperazine rings is 1. The van der Waals surface area contributed by atoms with E-state index >= 15 is 0 Å². The van der Waals surface area contributed by atoms with E-state index in [0.717, 1.165) is 62.9 Å². The number of nitrogens with zero attached hydrogens (tertiary/aromatic N) is 5. The molecule has 170 valence electrons. The van der Waals surface area contributed by atoms with Crippen molar-refractivity contribution in [3.8, 4) is 0 Å². The van der Waals surface area contributed by atoms with Crippen molar-refractivity contribution in [1.29, 1.82) is 0 Å². The third-order valence-corrected chi connectivity index (χ3v) is 8.11. The Morgan fingerprint density at radius 3 is 2.59 bits per heavy atom. The first-order valence-corrected chi connectivity index (χ1v) is 13.0. The van der Waals surface area contributed by atoms with Crippen molar-refractivity contribution in [3.05, 3.63) is 30.6 Å². The Labute approximate surface area is 188 Å². The second kappa shape index (κ2) is 8.67. The Morgan fingerprint density at radius 1 is 1.12 bits per heavy atom. The van der Waals surface area contributed by atoms with Gasteiger partial charge < -0.3 is 20.1 Å². The van der Waals surface area contributed by atoms with Gasteiger partial charge in [0.1, 0.15) is 16.5 Å². The summed E-state index contributed by atoms with van der Waals surface area (Å²) < 4.78 is 27.5. The smallest absolute Gasteiger partial charge is 0.230 e. The first-order valence-electron chi connectivity index (χ1n) is 11.3. The second-order valence-electron chi connectivity index (χ2n) is 8.43. The van der Waals surface area contributed by atoms with E-state index in [2.05, 4.69) is 25.5 Å². The van der Waals surface area contributed by atoms with Crippen molar-refractivity contribution in [1.82, 2.24) is 24.8 Å². The summed E-state index contributed by atoms with van der Waals surface area (Å²) in [6.07, 6.45) is 7.71. The van der Waals surface area contributed by atoms with Crippen LogP contribution in [0.5, 0.6) is 0 Å². The van der Waals surface area contributed by atoms with Crippen LogP contribution < -0.4 is 15.5 Å². The lowest BCUT2D eigenvalue weighted by molar-refractivity contribution is 0.488. The summed E-state index contributed by atoms with van der Waals surface area (Å²) in [4.78, 5) is 16.0. The molecule has 3 aromatic rings. The molecule has 2 N–H and O–H groups in total. The van der Waals surface area contributed by atoms with E-state index in [9.17, 15) is 8.42 Å². The number of rotatable bonds is 6. The normalized spacial score (nSPS) is 17.8. The molecule has 0 bridgehead atoms. The molecule has 1 saturated heterocycles. The minimum Gasteiger partial charge on any atom is -0.368 e. The number of fused-ring (bicyclic) bond motifs is 1. The predicted octanol–water partition coefficient (Wildman–Crippen LogP) is 2.89. The van der Waals surface area contributed by atoms with Crippen LogP contribution in [0.15, 0.2) is 35.6 Å². The summed E-state index contributed by atoms with van der Waals surface area (Å²) in [5.74, 6) is 1.14. The number of hydrogen-bond acceptors (Lipinski definition) is 8. The zero-order valence-corrected chi connectivity index (χ0v) is 19.1. The molecular weight excluding hydrogens is 426 g/mol. The molecule has 5 rings (SSSR count). The molecule has 9 nitrogen and oxygen atoms in total. The molecule has 0 spiro atoms. The molecule has 10 heteroatoms. The van der Waals surface area contributed by atoms with E-state index in [1.54, 1.807) is 19.2 Å². The van der Waals surface area contributed by atoms with Crippen molar-refractivity contribution < 1.29 is 8.42 Å². The Hall–Kier alpha value is -2.72. The third kappa shape index (κ3) is 4.04. The largest absolute Gasteiger partial charge is 0.368 e. The van der Waals surface area contributed by atoms with Crippen LogP contribution >= 0.6 is 0 Å². The maximum absolute atomic E-state index is 12.8. The van der Waals surface area contributed by atoms with Gasteiger partial charge in [-0.3, -0.25) is 0 Å². The van der Waals surface area contributed by atoms with Gasteiger partial charge >= 0.3 is 0 Å². The zero-order chi connectivity index (χ0) is 22.1. The number of aromatic nitrogens is 4. The van der Waals surface area contributed by atoms with Gasteiger partial charge in [0.15, 0.2) is 9.84 Å². The van der Waals surface area contributed by atoms with Crippen molar-refractivity contribution >= 4 is 38.3 Å². The van der Waals surface area contributed by atoms with Crippen molar-refractivity contribution in [2.75, 3.05) is 42.1 Å². The molecule has 0 atom stereocenters. The first-order chi connectivity index (χ1) is 15.5. The molecule has 0 aromatic carbocycles. The molecule has 2 aliphatic rings. The van der Waals surface area contributed by atoms with E-state index < -0.39 is 9.84 Å². The maximum Gasteiger partial charge on any atom is 0.230 e. The lowest BCUT2D eigenvalue weighted by atomic mass is 10.2. The van der Waals surface area contributed by atoms with Crippen LogP contribution in [0, 0.1) is 0 Å². The minimum atomic E-state index is -3.36. The van der Waals surface area contributed by atoms with Crippen molar-refractivity contribution in [2.24, 2.45) is 0 Å². The van der Waals surface area contributed by atoms with Crippen LogP contribution in [0.4, 0.5) is 17.5 Å². The molecule has 3 aromatic heterocycles. The fourth-order valence-corrected chi connectivity index (χ4v) is 5.77. The van der Waals surface area contributed by atoms with Gasteiger partial charge in [0, 0.05) is 43.8 Å². The van der Waals surface area contributed by atoms with E-state index in [1.807, 2.05) is 22.9 Å². The molecule has 32 heavy (non-hydrogen) atoms. The number of nitrogens with one attached hydrogen (secondary N) is 2. The van der Waals surface area contributed by atoms with Crippen LogP contribution in [-0.2, 0) is 9.84 Å². The molecule has 4 heterocycles. The molecule has 1 saturated carbocycles. The second-order valence-corrected chi connectivity index (χ2v) is 10.7. The lowest BCUT2D eigenvalue weighted by Gasteiger charge is -2.29. The fourth-order valence-electron chi connectivity index (χ4n) is 4.63. The van der Waals surface area contributed by atoms with Gasteiger partial charge in [0.05, 0.1) is 17.6 Å². The monoisotopic (exact) mass is 455 g/mol.